The van der Waals surface area contributed by atoms with Gasteiger partial charge in [0.1, 0.15) is 0 Å². The monoisotopic (exact) mass is 335 g/mol. The predicted octanol–water partition coefficient (Wildman–Crippen LogP) is 5.18. The average Bonchev–Trinajstić information content (AvgIpc) is 2.63. The Kier molecular flexibility index (Phi) is 3.41. The molecule has 0 N–H and O–H groups in total. The highest BCUT2D eigenvalue weighted by molar-refractivity contribution is 5.37. The van der Waals surface area contributed by atoms with Crippen LogP contribution < -0.4 is 0 Å². The maximum Gasteiger partial charge on any atom is 0.0152 e. The molecule has 1 aliphatic heterocycles. The summed E-state index contributed by atoms with van der Waals surface area (Å²) in [6.07, 6.45) is 14.9. The van der Waals surface area contributed by atoms with Gasteiger partial charge in [-0.1, -0.05) is 24.3 Å². The van der Waals surface area contributed by atoms with Gasteiger partial charge in [-0.25, -0.2) is 0 Å². The van der Waals surface area contributed by atoms with Crippen LogP contribution in [0.1, 0.15) is 68.9 Å². The van der Waals surface area contributed by atoms with Crippen molar-refractivity contribution >= 4 is 0 Å². The van der Waals surface area contributed by atoms with Crippen molar-refractivity contribution in [3.63, 3.8) is 0 Å². The zero-order chi connectivity index (χ0) is 16.4. The van der Waals surface area contributed by atoms with Crippen molar-refractivity contribution in [2.75, 3.05) is 13.1 Å². The first-order chi connectivity index (χ1) is 12.3. The van der Waals surface area contributed by atoms with Crippen LogP contribution in [-0.4, -0.2) is 24.0 Å². The minimum absolute atomic E-state index is 0.525. The van der Waals surface area contributed by atoms with Gasteiger partial charge in [-0.2, -0.15) is 0 Å². The van der Waals surface area contributed by atoms with Gasteiger partial charge in [0.2, 0.25) is 0 Å². The second-order valence-electron chi connectivity index (χ2n) is 10.2. The minimum atomic E-state index is 0.525. The number of piperidine rings is 1. The molecular weight excluding hydrogens is 302 g/mol. The molecule has 0 atom stereocenters. The highest BCUT2D eigenvalue weighted by Crippen LogP contribution is 2.56. The van der Waals surface area contributed by atoms with Crippen molar-refractivity contribution in [1.82, 2.24) is 4.90 Å². The zero-order valence-electron chi connectivity index (χ0n) is 15.6. The number of rotatable bonds is 1. The predicted molar refractivity (Wildman–Crippen MR) is 103 cm³/mol. The Labute approximate surface area is 153 Å². The third kappa shape index (κ3) is 2.30. The third-order valence-corrected chi connectivity index (χ3v) is 9.04. The summed E-state index contributed by atoms with van der Waals surface area (Å²) in [6.45, 7) is 2.75. The van der Waals surface area contributed by atoms with Crippen molar-refractivity contribution < 1.29 is 0 Å². The van der Waals surface area contributed by atoms with Gasteiger partial charge in [0, 0.05) is 6.04 Å². The largest absolute Gasteiger partial charge is 0.300 e. The molecule has 1 aromatic rings. The molecule has 0 amide bonds. The van der Waals surface area contributed by atoms with Gasteiger partial charge in [-0.3, -0.25) is 4.90 Å². The van der Waals surface area contributed by atoms with Gasteiger partial charge in [0.05, 0.1) is 0 Å². The lowest BCUT2D eigenvalue weighted by Gasteiger charge is -2.59. The molecule has 6 aliphatic rings. The molecule has 4 bridgehead atoms. The fourth-order valence-electron chi connectivity index (χ4n) is 8.27. The summed E-state index contributed by atoms with van der Waals surface area (Å²) >= 11 is 0. The fraction of sp³-hybridized carbons (Fsp3) is 0.750. The van der Waals surface area contributed by atoms with Crippen LogP contribution in [0, 0.1) is 23.7 Å². The van der Waals surface area contributed by atoms with Crippen LogP contribution in [0.5, 0.6) is 0 Å². The quantitative estimate of drug-likeness (QED) is 0.683. The first-order valence-electron chi connectivity index (χ1n) is 11.1. The van der Waals surface area contributed by atoms with Crippen molar-refractivity contribution in [1.29, 1.82) is 0 Å². The molecule has 7 rings (SSSR count). The van der Waals surface area contributed by atoms with E-state index in [1.54, 1.807) is 43.2 Å². The molecule has 1 saturated heterocycles. The summed E-state index contributed by atoms with van der Waals surface area (Å²) in [5.41, 5.74) is 3.92. The van der Waals surface area contributed by atoms with Crippen molar-refractivity contribution in [3.05, 3.63) is 35.4 Å². The number of nitrogens with zero attached hydrogens (tertiary/aromatic N) is 1. The van der Waals surface area contributed by atoms with Crippen LogP contribution in [-0.2, 0) is 11.8 Å². The first kappa shape index (κ1) is 15.3. The summed E-state index contributed by atoms with van der Waals surface area (Å²) in [5.74, 6) is 4.34. The molecule has 25 heavy (non-hydrogen) atoms. The second kappa shape index (κ2) is 5.59. The van der Waals surface area contributed by atoms with E-state index in [1.807, 2.05) is 0 Å². The minimum Gasteiger partial charge on any atom is -0.300 e. The number of hydrogen-bond donors (Lipinski definition) is 0. The zero-order valence-corrected chi connectivity index (χ0v) is 15.6. The van der Waals surface area contributed by atoms with E-state index in [9.17, 15) is 0 Å². The van der Waals surface area contributed by atoms with Crippen LogP contribution >= 0.6 is 0 Å². The van der Waals surface area contributed by atoms with E-state index >= 15 is 0 Å². The van der Waals surface area contributed by atoms with E-state index in [0.29, 0.717) is 5.41 Å². The Hall–Kier alpha value is -0.820. The molecule has 0 aromatic heterocycles. The standard InChI is InChI=1S/C24H33N/c1-2-6-22-19(4-1)5-3-7-24(22)8-10-25(11-9-24)23-20-13-17-12-18(15-20)16-21(23)14-17/h1-2,4,6,17-18,20-21,23H,3,5,7-16H2. The first-order valence-corrected chi connectivity index (χ1v) is 11.1. The normalized spacial score (nSPS) is 41.8. The summed E-state index contributed by atoms with van der Waals surface area (Å²) in [7, 11) is 0. The third-order valence-electron chi connectivity index (χ3n) is 9.04. The number of hydrogen-bond acceptors (Lipinski definition) is 1. The molecule has 1 spiro atoms. The maximum absolute atomic E-state index is 2.98. The molecular formula is C24H33N. The topological polar surface area (TPSA) is 3.24 Å². The molecule has 0 radical (unpaired) electrons. The van der Waals surface area contributed by atoms with Gasteiger partial charge in [-0.05, 0) is 118 Å². The van der Waals surface area contributed by atoms with Crippen molar-refractivity contribution in [3.8, 4) is 0 Å². The van der Waals surface area contributed by atoms with Crippen molar-refractivity contribution in [2.45, 2.75) is 75.7 Å². The Balaban J connectivity index is 1.22. The van der Waals surface area contributed by atoms with Crippen LogP contribution in [0.3, 0.4) is 0 Å². The van der Waals surface area contributed by atoms with Crippen LogP contribution in [0.25, 0.3) is 0 Å². The molecule has 134 valence electrons. The molecule has 1 heterocycles. The van der Waals surface area contributed by atoms with Crippen LogP contribution in [0.4, 0.5) is 0 Å². The van der Waals surface area contributed by atoms with E-state index in [-0.39, 0.29) is 0 Å². The highest BCUT2D eigenvalue weighted by Gasteiger charge is 2.51. The number of aryl methyl sites for hydroxylation is 1. The number of fused-ring (bicyclic) bond motifs is 2. The highest BCUT2D eigenvalue weighted by atomic mass is 15.2. The SMILES string of the molecule is c1ccc2c(c1)CCCC21CCN(C2C3CC4CC(C3)CC2C4)CC1. The number of likely N-dealkylation sites (tertiary alicyclic amines) is 1. The van der Waals surface area contributed by atoms with E-state index in [0.717, 1.165) is 29.7 Å². The molecule has 0 unspecified atom stereocenters. The molecule has 1 aromatic carbocycles. The van der Waals surface area contributed by atoms with Gasteiger partial charge in [0.25, 0.3) is 0 Å². The van der Waals surface area contributed by atoms with E-state index in [1.165, 1.54) is 45.2 Å². The molecule has 5 fully saturated rings. The van der Waals surface area contributed by atoms with Crippen LogP contribution in [0.15, 0.2) is 24.3 Å². The van der Waals surface area contributed by atoms with Crippen LogP contribution in [0.2, 0.25) is 0 Å². The Morgan fingerprint density at radius 3 is 2.20 bits per heavy atom. The van der Waals surface area contributed by atoms with Gasteiger partial charge >= 0.3 is 0 Å². The van der Waals surface area contributed by atoms with E-state index in [4.69, 9.17) is 0 Å². The van der Waals surface area contributed by atoms with E-state index < -0.39 is 0 Å². The molecule has 1 nitrogen and oxygen atoms in total. The summed E-state index contributed by atoms with van der Waals surface area (Å²) in [6, 6.07) is 10.4. The smallest absolute Gasteiger partial charge is 0.0152 e. The number of benzene rings is 1. The Morgan fingerprint density at radius 2 is 1.48 bits per heavy atom. The lowest BCUT2D eigenvalue weighted by atomic mass is 9.53. The lowest BCUT2D eigenvalue weighted by molar-refractivity contribution is -0.0762. The molecule has 4 saturated carbocycles. The van der Waals surface area contributed by atoms with Crippen molar-refractivity contribution in [2.24, 2.45) is 23.7 Å². The second-order valence-corrected chi connectivity index (χ2v) is 10.2. The summed E-state index contributed by atoms with van der Waals surface area (Å²) in [5, 5.41) is 0. The van der Waals surface area contributed by atoms with E-state index in [2.05, 4.69) is 29.2 Å². The van der Waals surface area contributed by atoms with Gasteiger partial charge < -0.3 is 0 Å². The summed E-state index contributed by atoms with van der Waals surface area (Å²) < 4.78 is 0. The van der Waals surface area contributed by atoms with Gasteiger partial charge in [-0.15, -0.1) is 0 Å². The Morgan fingerprint density at radius 1 is 0.800 bits per heavy atom. The molecule has 1 heteroatoms. The average molecular weight is 336 g/mol. The maximum atomic E-state index is 2.98. The Bertz CT molecular complexity index is 626. The summed E-state index contributed by atoms with van der Waals surface area (Å²) in [4.78, 5) is 2.98. The van der Waals surface area contributed by atoms with Gasteiger partial charge in [0.15, 0.2) is 0 Å². The fourth-order valence-corrected chi connectivity index (χ4v) is 8.27. The lowest BCUT2D eigenvalue weighted by Crippen LogP contribution is -2.58. The molecule has 5 aliphatic carbocycles.